The summed E-state index contributed by atoms with van der Waals surface area (Å²) in [6.07, 6.45) is 1.89. The number of benzene rings is 5. The predicted molar refractivity (Wildman–Crippen MR) is 167 cm³/mol. The molecule has 1 saturated heterocycles. The molecule has 1 aliphatic heterocycles. The third kappa shape index (κ3) is 3.37. The summed E-state index contributed by atoms with van der Waals surface area (Å²) in [6, 6.07) is 35.5. The minimum absolute atomic E-state index is 0.167. The van der Waals surface area contributed by atoms with Crippen molar-refractivity contribution in [1.29, 1.82) is 0 Å². The average Bonchev–Trinajstić information content (AvgIpc) is 3.33. The van der Waals surface area contributed by atoms with Crippen LogP contribution >= 0.6 is 0 Å². The quantitative estimate of drug-likeness (QED) is 0.174. The summed E-state index contributed by atoms with van der Waals surface area (Å²) in [4.78, 5) is 35.9. The fourth-order valence-electron chi connectivity index (χ4n) is 7.75. The molecule has 4 aliphatic rings. The van der Waals surface area contributed by atoms with Crippen LogP contribution in [0.5, 0.6) is 11.5 Å². The average molecular weight is 565 g/mol. The first-order valence-corrected chi connectivity index (χ1v) is 14.4. The second-order valence-corrected chi connectivity index (χ2v) is 11.3. The summed E-state index contributed by atoms with van der Waals surface area (Å²) in [5.74, 6) is -0.624. The standard InChI is InChI=1S/C37H28N2O4/c1-42-23-18-19-29(31(20-23)43-2)38-21-37-27-15-7-5-13-25(27)32(26-14-6-8-16-28(26)37)33-34(37)36(41)39(35(33)40)30-17-9-11-22-10-3-4-12-24(22)30/h3-21,32-34H,1-2H3/t32?,33-,34+,37?/m0/s1. The van der Waals surface area contributed by atoms with Crippen LogP contribution in [0.1, 0.15) is 28.2 Å². The lowest BCUT2D eigenvalue weighted by atomic mass is 9.47. The Labute approximate surface area is 249 Å². The maximum absolute atomic E-state index is 14.8. The lowest BCUT2D eigenvalue weighted by Gasteiger charge is -2.52. The van der Waals surface area contributed by atoms with Crippen LogP contribution < -0.4 is 14.4 Å². The molecule has 0 saturated carbocycles. The fourth-order valence-corrected chi connectivity index (χ4v) is 7.75. The summed E-state index contributed by atoms with van der Waals surface area (Å²) in [5, 5.41) is 1.85. The van der Waals surface area contributed by atoms with Crippen LogP contribution in [0.25, 0.3) is 10.8 Å². The van der Waals surface area contributed by atoms with E-state index in [0.717, 1.165) is 33.0 Å². The maximum Gasteiger partial charge on any atom is 0.239 e. The predicted octanol–water partition coefficient (Wildman–Crippen LogP) is 6.81. The zero-order valence-corrected chi connectivity index (χ0v) is 23.7. The van der Waals surface area contributed by atoms with Gasteiger partial charge in [-0.25, -0.2) is 4.90 Å². The molecule has 0 unspecified atom stereocenters. The highest BCUT2D eigenvalue weighted by Gasteiger charge is 2.68. The van der Waals surface area contributed by atoms with E-state index < -0.39 is 17.3 Å². The van der Waals surface area contributed by atoms with E-state index in [1.54, 1.807) is 20.3 Å². The zero-order chi connectivity index (χ0) is 29.3. The van der Waals surface area contributed by atoms with Crippen LogP contribution in [0, 0.1) is 11.8 Å². The molecule has 5 aromatic carbocycles. The van der Waals surface area contributed by atoms with Gasteiger partial charge in [0.15, 0.2) is 0 Å². The molecule has 43 heavy (non-hydrogen) atoms. The second kappa shape index (κ2) is 9.39. The van der Waals surface area contributed by atoms with E-state index in [4.69, 9.17) is 14.5 Å². The molecule has 0 spiro atoms. The number of ether oxygens (including phenoxy) is 2. The number of hydrogen-bond donors (Lipinski definition) is 0. The van der Waals surface area contributed by atoms with Crippen LogP contribution in [0.15, 0.2) is 114 Å². The van der Waals surface area contributed by atoms with Crippen molar-refractivity contribution in [3.8, 4) is 11.5 Å². The third-order valence-electron chi connectivity index (χ3n) is 9.49. The monoisotopic (exact) mass is 564 g/mol. The first-order valence-electron chi connectivity index (χ1n) is 14.4. The first kappa shape index (κ1) is 25.5. The SMILES string of the molecule is COc1ccc(N=CC23c4ccccc4C(c4ccccc42)[C@@H]2C(=O)N(c4cccc5ccccc45)C(=O)[C@@H]23)c(OC)c1. The lowest BCUT2D eigenvalue weighted by Crippen LogP contribution is -2.54. The summed E-state index contributed by atoms with van der Waals surface area (Å²) >= 11 is 0. The first-order chi connectivity index (χ1) is 21.1. The number of imide groups is 1. The van der Waals surface area contributed by atoms with Crippen molar-refractivity contribution >= 4 is 40.2 Å². The van der Waals surface area contributed by atoms with Gasteiger partial charge >= 0.3 is 0 Å². The number of aliphatic imine (C=N–C) groups is 1. The lowest BCUT2D eigenvalue weighted by molar-refractivity contribution is -0.122. The van der Waals surface area contributed by atoms with Crippen LogP contribution in [-0.4, -0.2) is 32.2 Å². The molecule has 0 radical (unpaired) electrons. The molecule has 1 fully saturated rings. The Morgan fingerprint density at radius 3 is 2.14 bits per heavy atom. The molecule has 0 N–H and O–H groups in total. The number of nitrogens with zero attached hydrogens (tertiary/aromatic N) is 2. The second-order valence-electron chi connectivity index (χ2n) is 11.3. The number of methoxy groups -OCH3 is 2. The molecule has 1 heterocycles. The van der Waals surface area contributed by atoms with Gasteiger partial charge in [-0.05, 0) is 45.8 Å². The highest BCUT2D eigenvalue weighted by molar-refractivity contribution is 6.27. The van der Waals surface area contributed by atoms with Crippen LogP contribution in [0.3, 0.4) is 0 Å². The van der Waals surface area contributed by atoms with Crippen molar-refractivity contribution in [3.05, 3.63) is 131 Å². The highest BCUT2D eigenvalue weighted by Crippen LogP contribution is 2.64. The largest absolute Gasteiger partial charge is 0.497 e. The Hall–Kier alpha value is -5.23. The summed E-state index contributed by atoms with van der Waals surface area (Å²) in [6.45, 7) is 0. The van der Waals surface area contributed by atoms with Crippen molar-refractivity contribution in [1.82, 2.24) is 0 Å². The van der Waals surface area contributed by atoms with Crippen molar-refractivity contribution in [2.75, 3.05) is 19.1 Å². The van der Waals surface area contributed by atoms with Gasteiger partial charge in [0.25, 0.3) is 0 Å². The Morgan fingerprint density at radius 2 is 1.42 bits per heavy atom. The molecule has 6 nitrogen and oxygen atoms in total. The van der Waals surface area contributed by atoms with Gasteiger partial charge < -0.3 is 9.47 Å². The topological polar surface area (TPSA) is 68.2 Å². The maximum atomic E-state index is 14.8. The van der Waals surface area contributed by atoms with Crippen molar-refractivity contribution in [2.24, 2.45) is 16.8 Å². The number of amides is 2. The van der Waals surface area contributed by atoms with E-state index in [0.29, 0.717) is 22.9 Å². The molecular formula is C37H28N2O4. The number of anilines is 1. The summed E-state index contributed by atoms with van der Waals surface area (Å²) in [7, 11) is 3.20. The molecule has 2 bridgehead atoms. The summed E-state index contributed by atoms with van der Waals surface area (Å²) < 4.78 is 11.1. The van der Waals surface area contributed by atoms with Gasteiger partial charge in [-0.3, -0.25) is 14.6 Å². The minimum Gasteiger partial charge on any atom is -0.497 e. The smallest absolute Gasteiger partial charge is 0.239 e. The minimum atomic E-state index is -0.969. The van der Waals surface area contributed by atoms with Gasteiger partial charge in [-0.1, -0.05) is 84.9 Å². The van der Waals surface area contributed by atoms with E-state index >= 15 is 0 Å². The van der Waals surface area contributed by atoms with E-state index in [-0.39, 0.29) is 17.7 Å². The fraction of sp³-hybridized carbons (Fsp3) is 0.162. The van der Waals surface area contributed by atoms with Crippen LogP contribution in [-0.2, 0) is 15.0 Å². The normalized spacial score (nSPS) is 23.4. The number of hydrogen-bond acceptors (Lipinski definition) is 5. The molecule has 6 heteroatoms. The van der Waals surface area contributed by atoms with Gasteiger partial charge in [0, 0.05) is 23.6 Å². The zero-order valence-electron chi connectivity index (χ0n) is 23.7. The Morgan fingerprint density at radius 1 is 0.744 bits per heavy atom. The molecule has 9 rings (SSSR count). The van der Waals surface area contributed by atoms with Gasteiger partial charge in [0.1, 0.15) is 17.2 Å². The van der Waals surface area contributed by atoms with E-state index in [1.807, 2.05) is 85.1 Å². The number of carbonyl (C=O) groups excluding carboxylic acids is 2. The molecule has 5 aromatic rings. The van der Waals surface area contributed by atoms with Gasteiger partial charge in [0.2, 0.25) is 11.8 Å². The Bertz CT molecular complexity index is 1940. The van der Waals surface area contributed by atoms with Crippen LogP contribution in [0.4, 0.5) is 11.4 Å². The van der Waals surface area contributed by atoms with Crippen molar-refractivity contribution in [2.45, 2.75) is 11.3 Å². The molecular weight excluding hydrogens is 536 g/mol. The van der Waals surface area contributed by atoms with Gasteiger partial charge in [-0.15, -0.1) is 0 Å². The highest BCUT2D eigenvalue weighted by atomic mass is 16.5. The molecule has 3 aliphatic carbocycles. The van der Waals surface area contributed by atoms with Gasteiger partial charge in [0.05, 0.1) is 37.2 Å². The van der Waals surface area contributed by atoms with Crippen molar-refractivity contribution in [3.63, 3.8) is 0 Å². The summed E-state index contributed by atoms with van der Waals surface area (Å²) in [5.41, 5.74) is 4.42. The molecule has 210 valence electrons. The Balaban J connectivity index is 1.39. The molecule has 2 atom stereocenters. The van der Waals surface area contributed by atoms with Gasteiger partial charge in [-0.2, -0.15) is 0 Å². The van der Waals surface area contributed by atoms with E-state index in [1.165, 1.54) is 4.90 Å². The van der Waals surface area contributed by atoms with E-state index in [9.17, 15) is 9.59 Å². The Kier molecular flexibility index (Phi) is 5.57. The molecule has 0 aromatic heterocycles. The number of carbonyl (C=O) groups is 2. The molecule has 2 amide bonds. The van der Waals surface area contributed by atoms with E-state index in [2.05, 4.69) is 24.3 Å². The number of fused-ring (bicyclic) bond motifs is 1. The number of rotatable bonds is 5. The van der Waals surface area contributed by atoms with Crippen LogP contribution in [0.2, 0.25) is 0 Å². The van der Waals surface area contributed by atoms with Crippen molar-refractivity contribution < 1.29 is 19.1 Å². The third-order valence-corrected chi connectivity index (χ3v) is 9.49.